The van der Waals surface area contributed by atoms with Gasteiger partial charge in [-0.1, -0.05) is 39.0 Å². The van der Waals surface area contributed by atoms with Gasteiger partial charge in [0.15, 0.2) is 0 Å². The molecular weight excluding hydrogens is 194 g/mol. The van der Waals surface area contributed by atoms with Crippen molar-refractivity contribution in [1.29, 1.82) is 0 Å². The lowest BCUT2D eigenvalue weighted by Crippen LogP contribution is -2.43. The molecule has 5 nitrogen and oxygen atoms in total. The van der Waals surface area contributed by atoms with Crippen molar-refractivity contribution in [3.05, 3.63) is 0 Å². The number of hydrazine groups is 1. The highest BCUT2D eigenvalue weighted by Gasteiger charge is 2.09. The van der Waals surface area contributed by atoms with Crippen LogP contribution in [0, 0.1) is 0 Å². The summed E-state index contributed by atoms with van der Waals surface area (Å²) in [5.74, 6) is 3.35. The molecule has 0 aliphatic heterocycles. The van der Waals surface area contributed by atoms with Crippen molar-refractivity contribution >= 4 is 11.8 Å². The van der Waals surface area contributed by atoms with Crippen LogP contribution in [-0.2, 0) is 9.59 Å². The maximum atomic E-state index is 10.9. The van der Waals surface area contributed by atoms with Crippen LogP contribution in [-0.4, -0.2) is 18.4 Å². The van der Waals surface area contributed by atoms with Gasteiger partial charge in [-0.15, -0.1) is 0 Å². The Morgan fingerprint density at radius 1 is 1.00 bits per heavy atom. The number of carbonyl (C=O) groups excluding carboxylic acids is 2. The highest BCUT2D eigenvalue weighted by molar-refractivity contribution is 6.34. The van der Waals surface area contributed by atoms with E-state index >= 15 is 0 Å². The van der Waals surface area contributed by atoms with Crippen LogP contribution in [0.2, 0.25) is 0 Å². The maximum Gasteiger partial charge on any atom is 0.323 e. The predicted molar refractivity (Wildman–Crippen MR) is 58.7 cm³/mol. The quantitative estimate of drug-likeness (QED) is 0.189. The van der Waals surface area contributed by atoms with Crippen molar-refractivity contribution < 1.29 is 9.59 Å². The van der Waals surface area contributed by atoms with Crippen LogP contribution in [0.15, 0.2) is 0 Å². The Hall–Kier alpha value is -1.10. The Bertz CT molecular complexity index is 195. The van der Waals surface area contributed by atoms with Gasteiger partial charge in [0, 0.05) is 6.54 Å². The molecule has 0 bridgehead atoms. The molecule has 0 aromatic rings. The van der Waals surface area contributed by atoms with E-state index in [1.807, 2.05) is 0 Å². The van der Waals surface area contributed by atoms with Crippen molar-refractivity contribution in [2.75, 3.05) is 6.54 Å². The van der Waals surface area contributed by atoms with E-state index in [0.29, 0.717) is 6.54 Å². The Morgan fingerprint density at radius 2 is 1.60 bits per heavy atom. The molecule has 0 aromatic heterocycles. The number of nitrogens with two attached hydrogens (primary N) is 1. The van der Waals surface area contributed by atoms with Gasteiger partial charge in [-0.25, -0.2) is 5.84 Å². The monoisotopic (exact) mass is 215 g/mol. The van der Waals surface area contributed by atoms with Gasteiger partial charge in [-0.05, 0) is 6.42 Å². The number of nitrogens with one attached hydrogen (secondary N) is 2. The lowest BCUT2D eigenvalue weighted by molar-refractivity contribution is -0.139. The summed E-state index contributed by atoms with van der Waals surface area (Å²) in [6.45, 7) is 2.71. The standard InChI is InChI=1S/C10H21N3O2/c1-2-3-4-5-6-7-8-12-9(14)10(15)13-11/h2-8,11H2,1H3,(H,12,14)(H,13,15). The minimum atomic E-state index is -0.791. The highest BCUT2D eigenvalue weighted by Crippen LogP contribution is 2.03. The fourth-order valence-electron chi connectivity index (χ4n) is 1.25. The van der Waals surface area contributed by atoms with Gasteiger partial charge < -0.3 is 5.32 Å². The molecule has 0 aliphatic rings. The van der Waals surface area contributed by atoms with Crippen LogP contribution in [0.1, 0.15) is 45.4 Å². The highest BCUT2D eigenvalue weighted by atomic mass is 16.2. The van der Waals surface area contributed by atoms with Gasteiger partial charge in [0.25, 0.3) is 0 Å². The Kier molecular flexibility index (Phi) is 8.76. The predicted octanol–water partition coefficient (Wildman–Crippen LogP) is 0.453. The molecule has 0 fully saturated rings. The zero-order chi connectivity index (χ0) is 11.5. The second kappa shape index (κ2) is 9.45. The van der Waals surface area contributed by atoms with Crippen molar-refractivity contribution in [2.24, 2.45) is 5.84 Å². The molecule has 0 unspecified atom stereocenters. The summed E-state index contributed by atoms with van der Waals surface area (Å²) in [4.78, 5) is 21.6. The molecule has 15 heavy (non-hydrogen) atoms. The number of unbranched alkanes of at least 4 members (excludes halogenated alkanes) is 5. The number of hydrogen-bond acceptors (Lipinski definition) is 3. The second-order valence-corrected chi connectivity index (χ2v) is 3.50. The topological polar surface area (TPSA) is 84.2 Å². The van der Waals surface area contributed by atoms with E-state index in [2.05, 4.69) is 12.2 Å². The molecular formula is C10H21N3O2. The molecule has 88 valence electrons. The zero-order valence-electron chi connectivity index (χ0n) is 9.34. The lowest BCUT2D eigenvalue weighted by Gasteiger charge is -2.03. The SMILES string of the molecule is CCCCCCCCNC(=O)C(=O)NN. The minimum Gasteiger partial charge on any atom is -0.348 e. The fraction of sp³-hybridized carbons (Fsp3) is 0.800. The first kappa shape index (κ1) is 13.9. The van der Waals surface area contributed by atoms with Crippen molar-refractivity contribution in [3.63, 3.8) is 0 Å². The summed E-state index contributed by atoms with van der Waals surface area (Å²) >= 11 is 0. The normalized spacial score (nSPS) is 9.73. The molecule has 0 aromatic carbocycles. The average Bonchev–Trinajstić information content (AvgIpc) is 2.26. The fourth-order valence-corrected chi connectivity index (χ4v) is 1.25. The Balaban J connectivity index is 3.24. The molecule has 0 heterocycles. The molecule has 5 heteroatoms. The maximum absolute atomic E-state index is 10.9. The average molecular weight is 215 g/mol. The first-order valence-electron chi connectivity index (χ1n) is 5.51. The van der Waals surface area contributed by atoms with Gasteiger partial charge in [0.2, 0.25) is 0 Å². The summed E-state index contributed by atoms with van der Waals surface area (Å²) in [5, 5.41) is 2.49. The minimum absolute atomic E-state index is 0.540. The Morgan fingerprint density at radius 3 is 2.20 bits per heavy atom. The molecule has 0 rings (SSSR count). The number of amides is 2. The summed E-state index contributed by atoms with van der Waals surface area (Å²) in [6, 6.07) is 0. The molecule has 0 radical (unpaired) electrons. The summed E-state index contributed by atoms with van der Waals surface area (Å²) in [6.07, 6.45) is 6.92. The van der Waals surface area contributed by atoms with Crippen LogP contribution >= 0.6 is 0 Å². The van der Waals surface area contributed by atoms with Crippen molar-refractivity contribution in [2.45, 2.75) is 45.4 Å². The van der Waals surface area contributed by atoms with Crippen LogP contribution in [0.25, 0.3) is 0 Å². The van der Waals surface area contributed by atoms with Crippen LogP contribution in [0.5, 0.6) is 0 Å². The van der Waals surface area contributed by atoms with Gasteiger partial charge in [0.05, 0.1) is 0 Å². The van der Waals surface area contributed by atoms with E-state index in [1.165, 1.54) is 25.7 Å². The van der Waals surface area contributed by atoms with E-state index in [4.69, 9.17) is 5.84 Å². The van der Waals surface area contributed by atoms with E-state index in [9.17, 15) is 9.59 Å². The van der Waals surface area contributed by atoms with E-state index < -0.39 is 11.8 Å². The van der Waals surface area contributed by atoms with Crippen LogP contribution in [0.4, 0.5) is 0 Å². The van der Waals surface area contributed by atoms with E-state index in [0.717, 1.165) is 12.8 Å². The third-order valence-corrected chi connectivity index (χ3v) is 2.15. The smallest absolute Gasteiger partial charge is 0.323 e. The third-order valence-electron chi connectivity index (χ3n) is 2.15. The second-order valence-electron chi connectivity index (χ2n) is 3.50. The molecule has 0 saturated heterocycles. The third kappa shape index (κ3) is 7.93. The Labute approximate surface area is 90.8 Å². The van der Waals surface area contributed by atoms with Crippen molar-refractivity contribution in [3.8, 4) is 0 Å². The number of rotatable bonds is 7. The van der Waals surface area contributed by atoms with Crippen LogP contribution < -0.4 is 16.6 Å². The summed E-state index contributed by atoms with van der Waals surface area (Å²) in [5.41, 5.74) is 1.78. The summed E-state index contributed by atoms with van der Waals surface area (Å²) < 4.78 is 0. The number of hydrogen-bond donors (Lipinski definition) is 3. The molecule has 4 N–H and O–H groups in total. The zero-order valence-corrected chi connectivity index (χ0v) is 9.34. The van der Waals surface area contributed by atoms with Crippen LogP contribution in [0.3, 0.4) is 0 Å². The lowest BCUT2D eigenvalue weighted by atomic mass is 10.1. The van der Waals surface area contributed by atoms with Gasteiger partial charge in [-0.3, -0.25) is 15.0 Å². The molecule has 0 saturated carbocycles. The molecule has 0 aliphatic carbocycles. The number of carbonyl (C=O) groups is 2. The summed E-state index contributed by atoms with van der Waals surface area (Å²) in [7, 11) is 0. The van der Waals surface area contributed by atoms with Crippen molar-refractivity contribution in [1.82, 2.24) is 10.7 Å². The van der Waals surface area contributed by atoms with Gasteiger partial charge >= 0.3 is 11.8 Å². The molecule has 0 spiro atoms. The van der Waals surface area contributed by atoms with E-state index in [1.54, 1.807) is 5.43 Å². The molecule has 2 amide bonds. The largest absolute Gasteiger partial charge is 0.348 e. The van der Waals surface area contributed by atoms with E-state index in [-0.39, 0.29) is 0 Å². The first-order valence-corrected chi connectivity index (χ1v) is 5.51. The van der Waals surface area contributed by atoms with Gasteiger partial charge in [0.1, 0.15) is 0 Å². The van der Waals surface area contributed by atoms with Gasteiger partial charge in [-0.2, -0.15) is 0 Å². The molecule has 0 atom stereocenters. The first-order chi connectivity index (χ1) is 7.22.